The van der Waals surface area contributed by atoms with Crippen molar-refractivity contribution < 1.29 is 0 Å². The van der Waals surface area contributed by atoms with Gasteiger partial charge in [0.1, 0.15) is 5.82 Å². The Kier molecular flexibility index (Phi) is 5.83. The van der Waals surface area contributed by atoms with Crippen LogP contribution < -0.4 is 10.6 Å². The zero-order valence-corrected chi connectivity index (χ0v) is 14.3. The quantitative estimate of drug-likeness (QED) is 0.838. The molecule has 118 valence electrons. The second kappa shape index (κ2) is 7.63. The van der Waals surface area contributed by atoms with Gasteiger partial charge in [-0.1, -0.05) is 29.3 Å². The topological polar surface area (TPSA) is 53.1 Å². The first-order valence-corrected chi connectivity index (χ1v) is 7.66. The van der Waals surface area contributed by atoms with Crippen LogP contribution in [0.4, 0.5) is 17.5 Å². The number of nitrogens with one attached hydrogen (secondary N) is 2. The van der Waals surface area contributed by atoms with Crippen LogP contribution in [-0.4, -0.2) is 42.1 Å². The molecule has 0 aliphatic carbocycles. The van der Waals surface area contributed by atoms with Gasteiger partial charge in [-0.05, 0) is 33.2 Å². The van der Waals surface area contributed by atoms with Gasteiger partial charge in [-0.15, -0.1) is 0 Å². The van der Waals surface area contributed by atoms with E-state index < -0.39 is 0 Å². The molecule has 0 aliphatic heterocycles. The van der Waals surface area contributed by atoms with Gasteiger partial charge in [0.05, 0.1) is 15.7 Å². The summed E-state index contributed by atoms with van der Waals surface area (Å²) in [5, 5.41) is 7.33. The van der Waals surface area contributed by atoms with E-state index in [-0.39, 0.29) is 0 Å². The van der Waals surface area contributed by atoms with Crippen LogP contribution in [0.5, 0.6) is 0 Å². The highest BCUT2D eigenvalue weighted by Crippen LogP contribution is 2.31. The predicted molar refractivity (Wildman–Crippen MR) is 93.6 cm³/mol. The standard InChI is InChI=1S/C15H19Cl2N5/c1-10-9-13(18-7-8-22(2)3)21-15(19-10)20-12-6-4-5-11(16)14(12)17/h4-6,9H,7-8H2,1-3H3,(H2,18,19,20,21). The highest BCUT2D eigenvalue weighted by atomic mass is 35.5. The maximum absolute atomic E-state index is 6.17. The second-order valence-corrected chi connectivity index (χ2v) is 5.96. The van der Waals surface area contributed by atoms with Gasteiger partial charge in [0.15, 0.2) is 0 Å². The number of nitrogens with zero attached hydrogens (tertiary/aromatic N) is 3. The smallest absolute Gasteiger partial charge is 0.229 e. The molecule has 0 saturated heterocycles. The Morgan fingerprint density at radius 1 is 1.18 bits per heavy atom. The average Bonchev–Trinajstić information content (AvgIpc) is 2.43. The molecule has 0 bridgehead atoms. The third-order valence-electron chi connectivity index (χ3n) is 2.92. The Morgan fingerprint density at radius 2 is 1.95 bits per heavy atom. The highest BCUT2D eigenvalue weighted by Gasteiger charge is 2.07. The molecule has 0 saturated carbocycles. The van der Waals surface area contributed by atoms with Crippen LogP contribution in [0, 0.1) is 6.92 Å². The van der Waals surface area contributed by atoms with Crippen molar-refractivity contribution in [3.05, 3.63) is 40.0 Å². The molecule has 2 rings (SSSR count). The number of benzene rings is 1. The van der Waals surface area contributed by atoms with Crippen LogP contribution >= 0.6 is 23.2 Å². The molecular formula is C15H19Cl2N5. The average molecular weight is 340 g/mol. The van der Waals surface area contributed by atoms with E-state index in [9.17, 15) is 0 Å². The van der Waals surface area contributed by atoms with E-state index in [0.29, 0.717) is 21.7 Å². The lowest BCUT2D eigenvalue weighted by Crippen LogP contribution is -2.21. The molecule has 22 heavy (non-hydrogen) atoms. The van der Waals surface area contributed by atoms with E-state index in [4.69, 9.17) is 23.2 Å². The van der Waals surface area contributed by atoms with Crippen molar-refractivity contribution in [1.29, 1.82) is 0 Å². The van der Waals surface area contributed by atoms with Crippen LogP contribution in [-0.2, 0) is 0 Å². The van der Waals surface area contributed by atoms with Gasteiger partial charge in [-0.25, -0.2) is 4.98 Å². The maximum atomic E-state index is 6.17. The summed E-state index contributed by atoms with van der Waals surface area (Å²) in [5.74, 6) is 1.26. The van der Waals surface area contributed by atoms with Crippen LogP contribution in [0.15, 0.2) is 24.3 Å². The molecule has 2 N–H and O–H groups in total. The molecule has 0 aliphatic rings. The normalized spacial score (nSPS) is 10.8. The van der Waals surface area contributed by atoms with Gasteiger partial charge in [-0.2, -0.15) is 4.98 Å². The Bertz CT molecular complexity index is 646. The minimum atomic E-state index is 0.455. The molecule has 0 radical (unpaired) electrons. The molecular weight excluding hydrogens is 321 g/mol. The van der Waals surface area contributed by atoms with E-state index in [1.54, 1.807) is 6.07 Å². The predicted octanol–water partition coefficient (Wildman–Crippen LogP) is 3.81. The SMILES string of the molecule is Cc1cc(NCCN(C)C)nc(Nc2cccc(Cl)c2Cl)n1. The summed E-state index contributed by atoms with van der Waals surface area (Å²) in [4.78, 5) is 10.9. The molecule has 5 nitrogen and oxygen atoms in total. The monoisotopic (exact) mass is 339 g/mol. The summed E-state index contributed by atoms with van der Waals surface area (Å²) >= 11 is 12.2. The Labute approximate surface area is 140 Å². The molecule has 0 fully saturated rings. The van der Waals surface area contributed by atoms with Crippen molar-refractivity contribution in [2.24, 2.45) is 0 Å². The van der Waals surface area contributed by atoms with Crippen molar-refractivity contribution in [1.82, 2.24) is 14.9 Å². The first kappa shape index (κ1) is 16.8. The fraction of sp³-hybridized carbons (Fsp3) is 0.333. The van der Waals surface area contributed by atoms with Crippen molar-refractivity contribution in [2.45, 2.75) is 6.92 Å². The lowest BCUT2D eigenvalue weighted by atomic mass is 10.3. The number of hydrogen-bond donors (Lipinski definition) is 2. The number of halogens is 2. The van der Waals surface area contributed by atoms with Gasteiger partial charge < -0.3 is 15.5 Å². The van der Waals surface area contributed by atoms with Crippen molar-refractivity contribution in [3.8, 4) is 0 Å². The van der Waals surface area contributed by atoms with Gasteiger partial charge in [0, 0.05) is 24.8 Å². The van der Waals surface area contributed by atoms with E-state index in [1.807, 2.05) is 39.2 Å². The van der Waals surface area contributed by atoms with E-state index in [0.717, 1.165) is 24.6 Å². The highest BCUT2D eigenvalue weighted by molar-refractivity contribution is 6.43. The molecule has 2 aromatic rings. The summed E-state index contributed by atoms with van der Waals surface area (Å²) in [5.41, 5.74) is 1.54. The molecule has 7 heteroatoms. The van der Waals surface area contributed by atoms with Gasteiger partial charge in [0.25, 0.3) is 0 Å². The first-order chi connectivity index (χ1) is 10.5. The number of likely N-dealkylation sites (N-methyl/N-ethyl adjacent to an activating group) is 1. The fourth-order valence-electron chi connectivity index (χ4n) is 1.84. The lowest BCUT2D eigenvalue weighted by Gasteiger charge is -2.13. The van der Waals surface area contributed by atoms with E-state index in [1.165, 1.54) is 0 Å². The summed E-state index contributed by atoms with van der Waals surface area (Å²) in [6.07, 6.45) is 0. The molecule has 0 atom stereocenters. The molecule has 0 spiro atoms. The minimum Gasteiger partial charge on any atom is -0.369 e. The largest absolute Gasteiger partial charge is 0.369 e. The zero-order valence-electron chi connectivity index (χ0n) is 12.8. The summed E-state index contributed by atoms with van der Waals surface area (Å²) in [6, 6.07) is 7.29. The molecule has 0 amide bonds. The number of hydrogen-bond acceptors (Lipinski definition) is 5. The number of rotatable bonds is 6. The van der Waals surface area contributed by atoms with Crippen molar-refractivity contribution >= 4 is 40.7 Å². The fourth-order valence-corrected chi connectivity index (χ4v) is 2.19. The summed E-state index contributed by atoms with van der Waals surface area (Å²) < 4.78 is 0. The lowest BCUT2D eigenvalue weighted by molar-refractivity contribution is 0.425. The third kappa shape index (κ3) is 4.73. The van der Waals surface area contributed by atoms with Gasteiger partial charge in [-0.3, -0.25) is 0 Å². The number of aromatic nitrogens is 2. The summed E-state index contributed by atoms with van der Waals surface area (Å²) in [6.45, 7) is 3.65. The molecule has 0 unspecified atom stereocenters. The first-order valence-electron chi connectivity index (χ1n) is 6.91. The maximum Gasteiger partial charge on any atom is 0.229 e. The van der Waals surface area contributed by atoms with Crippen LogP contribution in [0.3, 0.4) is 0 Å². The summed E-state index contributed by atoms with van der Waals surface area (Å²) in [7, 11) is 4.06. The van der Waals surface area contributed by atoms with Crippen molar-refractivity contribution in [3.63, 3.8) is 0 Å². The van der Waals surface area contributed by atoms with Crippen LogP contribution in [0.1, 0.15) is 5.69 Å². The van der Waals surface area contributed by atoms with E-state index in [2.05, 4.69) is 25.5 Å². The van der Waals surface area contributed by atoms with E-state index >= 15 is 0 Å². The Hall–Kier alpha value is -1.56. The van der Waals surface area contributed by atoms with Gasteiger partial charge in [0.2, 0.25) is 5.95 Å². The van der Waals surface area contributed by atoms with Crippen LogP contribution in [0.25, 0.3) is 0 Å². The van der Waals surface area contributed by atoms with Crippen molar-refractivity contribution in [2.75, 3.05) is 37.8 Å². The Morgan fingerprint density at radius 3 is 2.68 bits per heavy atom. The second-order valence-electron chi connectivity index (χ2n) is 5.17. The van der Waals surface area contributed by atoms with Crippen LogP contribution in [0.2, 0.25) is 10.0 Å². The molecule has 1 aromatic carbocycles. The van der Waals surface area contributed by atoms with Gasteiger partial charge >= 0.3 is 0 Å². The number of aryl methyl sites for hydroxylation is 1. The molecule has 1 aromatic heterocycles. The third-order valence-corrected chi connectivity index (χ3v) is 3.74. The number of anilines is 3. The Balaban J connectivity index is 2.14. The minimum absolute atomic E-state index is 0.455. The zero-order chi connectivity index (χ0) is 16.1. The molecule has 1 heterocycles.